The summed E-state index contributed by atoms with van der Waals surface area (Å²) in [5.74, 6) is -0.785. The van der Waals surface area contributed by atoms with Gasteiger partial charge in [-0.15, -0.1) is 0 Å². The van der Waals surface area contributed by atoms with Crippen LogP contribution in [0, 0.1) is 5.92 Å². The molecular weight excluding hydrogens is 234 g/mol. The minimum atomic E-state index is -1.17. The predicted molar refractivity (Wildman–Crippen MR) is 69.5 cm³/mol. The Morgan fingerprint density at radius 3 is 2.00 bits per heavy atom. The highest BCUT2D eigenvalue weighted by atomic mass is 16.6. The van der Waals surface area contributed by atoms with E-state index >= 15 is 0 Å². The van der Waals surface area contributed by atoms with Crippen molar-refractivity contribution in [3.05, 3.63) is 0 Å². The van der Waals surface area contributed by atoms with Crippen molar-refractivity contribution in [3.63, 3.8) is 0 Å². The molecule has 1 N–H and O–H groups in total. The number of rotatable bonds is 7. The Morgan fingerprint density at radius 1 is 1.22 bits per heavy atom. The molecule has 0 aromatic heterocycles. The molecular formula is C13H25NO4. The summed E-state index contributed by atoms with van der Waals surface area (Å²) in [7, 11) is 0. The number of hydrogen-bond donors (Lipinski definition) is 1. The monoisotopic (exact) mass is 259 g/mol. The zero-order chi connectivity index (χ0) is 14.3. The second-order valence-corrected chi connectivity index (χ2v) is 4.75. The van der Waals surface area contributed by atoms with Crippen molar-refractivity contribution in [1.82, 2.24) is 4.90 Å². The topological polar surface area (TPSA) is 66.8 Å². The van der Waals surface area contributed by atoms with Gasteiger partial charge in [0.05, 0.1) is 6.61 Å². The number of carbonyl (C=O) groups is 2. The van der Waals surface area contributed by atoms with Crippen LogP contribution in [0.4, 0.5) is 4.79 Å². The summed E-state index contributed by atoms with van der Waals surface area (Å²) >= 11 is 0. The van der Waals surface area contributed by atoms with Crippen LogP contribution >= 0.6 is 0 Å². The lowest BCUT2D eigenvalue weighted by Gasteiger charge is -2.39. The Hall–Kier alpha value is -1.26. The van der Waals surface area contributed by atoms with Gasteiger partial charge >= 0.3 is 12.1 Å². The van der Waals surface area contributed by atoms with Gasteiger partial charge in [0.1, 0.15) is 5.54 Å². The molecule has 0 aromatic carbocycles. The lowest BCUT2D eigenvalue weighted by Crippen LogP contribution is -2.57. The molecule has 0 saturated heterocycles. The Bertz CT molecular complexity index is 285. The van der Waals surface area contributed by atoms with Gasteiger partial charge < -0.3 is 9.84 Å². The van der Waals surface area contributed by atoms with Gasteiger partial charge in [-0.2, -0.15) is 0 Å². The number of carboxylic acids is 1. The maximum Gasteiger partial charge on any atom is 0.410 e. The molecule has 0 saturated carbocycles. The third-order valence-electron chi connectivity index (χ3n) is 3.12. The molecule has 18 heavy (non-hydrogen) atoms. The minimum absolute atomic E-state index is 0.186. The van der Waals surface area contributed by atoms with Crippen LogP contribution in [0.1, 0.15) is 47.5 Å². The van der Waals surface area contributed by atoms with Gasteiger partial charge in [0.2, 0.25) is 0 Å². The number of ether oxygens (including phenoxy) is 1. The standard InChI is InChI=1S/C13H25NO4/c1-6-13(7-2,11(15)16)14(9-10(4)5)12(17)18-8-3/h10H,6-9H2,1-5H3,(H,15,16). The van der Waals surface area contributed by atoms with Crippen molar-refractivity contribution in [3.8, 4) is 0 Å². The maximum atomic E-state index is 12.0. The molecule has 0 rings (SSSR count). The second-order valence-electron chi connectivity index (χ2n) is 4.75. The molecule has 0 heterocycles. The quantitative estimate of drug-likeness (QED) is 0.763. The third-order valence-corrected chi connectivity index (χ3v) is 3.12. The summed E-state index contributed by atoms with van der Waals surface area (Å²) in [6.45, 7) is 9.80. The fourth-order valence-electron chi connectivity index (χ4n) is 2.04. The summed E-state index contributed by atoms with van der Waals surface area (Å²) in [6.07, 6.45) is 0.187. The van der Waals surface area contributed by atoms with Crippen molar-refractivity contribution in [1.29, 1.82) is 0 Å². The highest BCUT2D eigenvalue weighted by Crippen LogP contribution is 2.26. The van der Waals surface area contributed by atoms with Crippen molar-refractivity contribution < 1.29 is 19.4 Å². The Morgan fingerprint density at radius 2 is 1.72 bits per heavy atom. The second kappa shape index (κ2) is 7.24. The fraction of sp³-hybridized carbons (Fsp3) is 0.846. The SMILES string of the molecule is CCOC(=O)N(CC(C)C)C(CC)(CC)C(=O)O. The first-order chi connectivity index (χ1) is 8.35. The summed E-state index contributed by atoms with van der Waals surface area (Å²) in [4.78, 5) is 24.9. The van der Waals surface area contributed by atoms with Crippen LogP contribution in [-0.4, -0.2) is 40.8 Å². The number of hydrogen-bond acceptors (Lipinski definition) is 3. The molecule has 0 aliphatic heterocycles. The number of carboxylic acid groups (broad SMARTS) is 1. The smallest absolute Gasteiger partial charge is 0.410 e. The first-order valence-corrected chi connectivity index (χ1v) is 6.53. The van der Waals surface area contributed by atoms with Crippen LogP contribution < -0.4 is 0 Å². The zero-order valence-corrected chi connectivity index (χ0v) is 12.0. The average Bonchev–Trinajstić information content (AvgIpc) is 2.29. The van der Waals surface area contributed by atoms with Gasteiger partial charge in [0.25, 0.3) is 0 Å². The molecule has 1 amide bonds. The lowest BCUT2D eigenvalue weighted by molar-refractivity contribution is -0.151. The lowest BCUT2D eigenvalue weighted by atomic mass is 9.90. The maximum absolute atomic E-state index is 12.0. The van der Waals surface area contributed by atoms with Gasteiger partial charge in [-0.05, 0) is 25.7 Å². The molecule has 0 aromatic rings. The van der Waals surface area contributed by atoms with E-state index in [1.807, 2.05) is 13.8 Å². The van der Waals surface area contributed by atoms with E-state index in [0.29, 0.717) is 19.4 Å². The van der Waals surface area contributed by atoms with Gasteiger partial charge in [-0.1, -0.05) is 27.7 Å². The van der Waals surface area contributed by atoms with Crippen LogP contribution in [0.5, 0.6) is 0 Å². The first-order valence-electron chi connectivity index (χ1n) is 6.53. The van der Waals surface area contributed by atoms with E-state index in [0.717, 1.165) is 0 Å². The van der Waals surface area contributed by atoms with Gasteiger partial charge in [-0.3, -0.25) is 4.90 Å². The van der Waals surface area contributed by atoms with Crippen molar-refractivity contribution >= 4 is 12.1 Å². The van der Waals surface area contributed by atoms with E-state index in [2.05, 4.69) is 0 Å². The van der Waals surface area contributed by atoms with Crippen LogP contribution in [0.2, 0.25) is 0 Å². The van der Waals surface area contributed by atoms with Crippen molar-refractivity contribution in [2.24, 2.45) is 5.92 Å². The van der Waals surface area contributed by atoms with E-state index in [1.54, 1.807) is 20.8 Å². The van der Waals surface area contributed by atoms with Crippen molar-refractivity contribution in [2.75, 3.05) is 13.2 Å². The highest BCUT2D eigenvalue weighted by molar-refractivity contribution is 5.84. The number of aliphatic carboxylic acids is 1. The van der Waals surface area contributed by atoms with Crippen LogP contribution in [0.15, 0.2) is 0 Å². The van der Waals surface area contributed by atoms with Crippen LogP contribution in [0.3, 0.4) is 0 Å². The van der Waals surface area contributed by atoms with Gasteiger partial charge in [-0.25, -0.2) is 9.59 Å². The molecule has 0 aliphatic carbocycles. The molecule has 106 valence electrons. The minimum Gasteiger partial charge on any atom is -0.479 e. The van der Waals surface area contributed by atoms with E-state index in [4.69, 9.17) is 4.74 Å². The summed E-state index contributed by atoms with van der Waals surface area (Å²) in [5.41, 5.74) is -1.17. The summed E-state index contributed by atoms with van der Waals surface area (Å²) < 4.78 is 4.99. The first kappa shape index (κ1) is 16.7. The normalized spacial score (nSPS) is 11.4. The zero-order valence-electron chi connectivity index (χ0n) is 12.0. The van der Waals surface area contributed by atoms with E-state index in [-0.39, 0.29) is 12.5 Å². The fourth-order valence-corrected chi connectivity index (χ4v) is 2.04. The van der Waals surface area contributed by atoms with Crippen molar-refractivity contribution in [2.45, 2.75) is 53.0 Å². The molecule has 0 atom stereocenters. The Labute approximate surface area is 109 Å². The highest BCUT2D eigenvalue weighted by Gasteiger charge is 2.44. The largest absolute Gasteiger partial charge is 0.479 e. The average molecular weight is 259 g/mol. The molecule has 0 aliphatic rings. The number of nitrogens with zero attached hydrogens (tertiary/aromatic N) is 1. The summed E-state index contributed by atoms with van der Waals surface area (Å²) in [6, 6.07) is 0. The summed E-state index contributed by atoms with van der Waals surface area (Å²) in [5, 5.41) is 9.47. The predicted octanol–water partition coefficient (Wildman–Crippen LogP) is 2.74. The van der Waals surface area contributed by atoms with E-state index < -0.39 is 17.6 Å². The van der Waals surface area contributed by atoms with E-state index in [9.17, 15) is 14.7 Å². The molecule has 5 heteroatoms. The van der Waals surface area contributed by atoms with Crippen LogP contribution in [0.25, 0.3) is 0 Å². The number of carbonyl (C=O) groups excluding carboxylic acids is 1. The molecule has 0 fully saturated rings. The van der Waals surface area contributed by atoms with Gasteiger partial charge in [0, 0.05) is 6.54 Å². The molecule has 0 spiro atoms. The molecule has 0 unspecified atom stereocenters. The van der Waals surface area contributed by atoms with Crippen LogP contribution in [-0.2, 0) is 9.53 Å². The molecule has 0 radical (unpaired) electrons. The molecule has 5 nitrogen and oxygen atoms in total. The third kappa shape index (κ3) is 3.62. The number of amides is 1. The Kier molecular flexibility index (Phi) is 6.73. The Balaban J connectivity index is 5.35. The van der Waals surface area contributed by atoms with Gasteiger partial charge in [0.15, 0.2) is 0 Å². The molecule has 0 bridgehead atoms. The van der Waals surface area contributed by atoms with E-state index in [1.165, 1.54) is 4.90 Å².